The fourth-order valence-electron chi connectivity index (χ4n) is 2.25. The fourth-order valence-corrected chi connectivity index (χ4v) is 2.25. The molecule has 0 radical (unpaired) electrons. The molecule has 0 N–H and O–H groups in total. The molecule has 1 aliphatic rings. The molecule has 0 spiro atoms. The smallest absolute Gasteiger partial charge is 0.433 e. The number of aromatic nitrogens is 2. The van der Waals surface area contributed by atoms with Gasteiger partial charge in [0.25, 0.3) is 5.91 Å². The molecule has 2 aromatic rings. The van der Waals surface area contributed by atoms with Crippen molar-refractivity contribution in [1.82, 2.24) is 9.97 Å². The van der Waals surface area contributed by atoms with Gasteiger partial charge in [-0.3, -0.25) is 9.78 Å². The topological polar surface area (TPSA) is 55.3 Å². The number of rotatable bonds is 1. The van der Waals surface area contributed by atoms with Crippen LogP contribution in [0.4, 0.5) is 18.9 Å². The molecule has 0 aliphatic carbocycles. The minimum atomic E-state index is -4.53. The summed E-state index contributed by atoms with van der Waals surface area (Å²) in [7, 11) is 0. The van der Waals surface area contributed by atoms with E-state index in [1.165, 1.54) is 4.90 Å². The zero-order valence-electron chi connectivity index (χ0n) is 12.1. The van der Waals surface area contributed by atoms with Crippen molar-refractivity contribution in [2.24, 2.45) is 0 Å². The van der Waals surface area contributed by atoms with E-state index in [-0.39, 0.29) is 18.7 Å². The van der Waals surface area contributed by atoms with Gasteiger partial charge in [0.2, 0.25) is 5.88 Å². The van der Waals surface area contributed by atoms with Crippen LogP contribution >= 0.6 is 0 Å². The molecule has 5 nitrogen and oxygen atoms in total. The molecule has 0 fully saturated rings. The third-order valence-corrected chi connectivity index (χ3v) is 3.36. The molecule has 3 rings (SSSR count). The van der Waals surface area contributed by atoms with E-state index in [4.69, 9.17) is 4.74 Å². The predicted octanol–water partition coefficient (Wildman–Crippen LogP) is 2.84. The summed E-state index contributed by atoms with van der Waals surface area (Å²) in [5, 5.41) is 0. The first-order valence-electron chi connectivity index (χ1n) is 6.81. The van der Waals surface area contributed by atoms with E-state index >= 15 is 0 Å². The molecule has 120 valence electrons. The molecule has 8 heteroatoms. The zero-order chi connectivity index (χ0) is 16.6. The van der Waals surface area contributed by atoms with Crippen molar-refractivity contribution in [1.29, 1.82) is 0 Å². The Morgan fingerprint density at radius 1 is 1.26 bits per heavy atom. The van der Waals surface area contributed by atoms with E-state index in [0.717, 1.165) is 23.9 Å². The van der Waals surface area contributed by atoms with Crippen molar-refractivity contribution >= 4 is 11.6 Å². The van der Waals surface area contributed by atoms with Crippen molar-refractivity contribution in [3.8, 4) is 5.88 Å². The third-order valence-electron chi connectivity index (χ3n) is 3.36. The lowest BCUT2D eigenvalue weighted by Crippen LogP contribution is -2.38. The second kappa shape index (κ2) is 5.53. The number of pyridine rings is 2. The maximum atomic E-state index is 12.6. The Morgan fingerprint density at radius 3 is 2.70 bits per heavy atom. The van der Waals surface area contributed by atoms with Crippen LogP contribution in [-0.4, -0.2) is 29.0 Å². The summed E-state index contributed by atoms with van der Waals surface area (Å²) in [5.74, 6) is -0.113. The number of ether oxygens (including phenoxy) is 1. The Balaban J connectivity index is 1.91. The highest BCUT2D eigenvalue weighted by Crippen LogP contribution is 2.31. The summed E-state index contributed by atoms with van der Waals surface area (Å²) in [6, 6.07) is 3.66. The fraction of sp³-hybridized carbons (Fsp3) is 0.267. The van der Waals surface area contributed by atoms with Crippen LogP contribution < -0.4 is 9.64 Å². The summed E-state index contributed by atoms with van der Waals surface area (Å²) >= 11 is 0. The molecule has 0 saturated heterocycles. The van der Waals surface area contributed by atoms with Gasteiger partial charge in [-0.1, -0.05) is 0 Å². The molecule has 0 saturated carbocycles. The van der Waals surface area contributed by atoms with Crippen LogP contribution in [0.25, 0.3) is 0 Å². The number of halogens is 3. The number of anilines is 1. The van der Waals surface area contributed by atoms with Gasteiger partial charge in [-0.15, -0.1) is 0 Å². The number of hydrogen-bond acceptors (Lipinski definition) is 4. The number of hydrogen-bond donors (Lipinski definition) is 0. The van der Waals surface area contributed by atoms with Gasteiger partial charge in [0, 0.05) is 12.4 Å². The lowest BCUT2D eigenvalue weighted by atomic mass is 10.2. The second-order valence-corrected chi connectivity index (χ2v) is 5.07. The number of alkyl halides is 3. The summed E-state index contributed by atoms with van der Waals surface area (Å²) in [6.07, 6.45) is -1.98. The van der Waals surface area contributed by atoms with Gasteiger partial charge in [-0.2, -0.15) is 13.2 Å². The molecule has 3 heterocycles. The summed E-state index contributed by atoms with van der Waals surface area (Å²) in [5.41, 5.74) is 0.389. The summed E-state index contributed by atoms with van der Waals surface area (Å²) < 4.78 is 43.0. The van der Waals surface area contributed by atoms with Crippen LogP contribution in [0.3, 0.4) is 0 Å². The van der Waals surface area contributed by atoms with Crippen LogP contribution in [0.5, 0.6) is 5.88 Å². The Kier molecular flexibility index (Phi) is 3.67. The lowest BCUT2D eigenvalue weighted by Gasteiger charge is -2.28. The summed E-state index contributed by atoms with van der Waals surface area (Å²) in [6.45, 7) is 2.38. The second-order valence-electron chi connectivity index (χ2n) is 5.07. The standard InChI is InChI=1S/C15H12F3N3O2/c1-9-6-11-13(20-7-9)23-5-4-21(11)14(22)10-2-3-12(19-8-10)15(16,17)18/h2-3,6-8H,4-5H2,1H3. The van der Waals surface area contributed by atoms with Crippen molar-refractivity contribution in [2.75, 3.05) is 18.1 Å². The van der Waals surface area contributed by atoms with Gasteiger partial charge >= 0.3 is 6.18 Å². The first-order valence-corrected chi connectivity index (χ1v) is 6.81. The number of carbonyl (C=O) groups is 1. The van der Waals surface area contributed by atoms with Gasteiger partial charge in [0.15, 0.2) is 0 Å². The highest BCUT2D eigenvalue weighted by atomic mass is 19.4. The average molecular weight is 323 g/mol. The highest BCUT2D eigenvalue weighted by molar-refractivity contribution is 6.06. The first-order chi connectivity index (χ1) is 10.9. The minimum Gasteiger partial charge on any atom is -0.474 e. The van der Waals surface area contributed by atoms with E-state index < -0.39 is 17.8 Å². The molecule has 0 atom stereocenters. The molecule has 1 amide bonds. The van der Waals surface area contributed by atoms with E-state index in [1.807, 2.05) is 6.92 Å². The van der Waals surface area contributed by atoms with E-state index in [1.54, 1.807) is 12.3 Å². The SMILES string of the molecule is Cc1cnc2c(c1)N(C(=O)c1ccc(C(F)(F)F)nc1)CCO2. The maximum absolute atomic E-state index is 12.6. The monoisotopic (exact) mass is 323 g/mol. The molecular formula is C15H12F3N3O2. The molecule has 1 aliphatic heterocycles. The summed E-state index contributed by atoms with van der Waals surface area (Å²) in [4.78, 5) is 21.4. The Bertz CT molecular complexity index is 745. The largest absolute Gasteiger partial charge is 0.474 e. The Hall–Kier alpha value is -2.64. The number of nitrogens with zero attached hydrogens (tertiary/aromatic N) is 3. The van der Waals surface area contributed by atoms with Crippen molar-refractivity contribution < 1.29 is 22.7 Å². The number of fused-ring (bicyclic) bond motifs is 1. The molecular weight excluding hydrogens is 311 g/mol. The Morgan fingerprint density at radius 2 is 2.04 bits per heavy atom. The van der Waals surface area contributed by atoms with E-state index in [9.17, 15) is 18.0 Å². The predicted molar refractivity (Wildman–Crippen MR) is 75.4 cm³/mol. The van der Waals surface area contributed by atoms with Gasteiger partial charge in [-0.05, 0) is 30.7 Å². The van der Waals surface area contributed by atoms with E-state index in [2.05, 4.69) is 9.97 Å². The number of aryl methyl sites for hydroxylation is 1. The van der Waals surface area contributed by atoms with Gasteiger partial charge < -0.3 is 9.64 Å². The van der Waals surface area contributed by atoms with E-state index in [0.29, 0.717) is 11.6 Å². The lowest BCUT2D eigenvalue weighted by molar-refractivity contribution is -0.141. The first kappa shape index (κ1) is 15.3. The zero-order valence-corrected chi connectivity index (χ0v) is 12.1. The minimum absolute atomic E-state index is 0.0763. The van der Waals surface area contributed by atoms with Crippen molar-refractivity contribution in [3.63, 3.8) is 0 Å². The third kappa shape index (κ3) is 2.96. The average Bonchev–Trinajstić information content (AvgIpc) is 2.53. The van der Waals surface area contributed by atoms with Gasteiger partial charge in [0.05, 0.1) is 12.1 Å². The molecule has 0 bridgehead atoms. The molecule has 0 unspecified atom stereocenters. The van der Waals surface area contributed by atoms with Crippen LogP contribution in [0.15, 0.2) is 30.6 Å². The molecule has 23 heavy (non-hydrogen) atoms. The molecule has 2 aromatic heterocycles. The van der Waals surface area contributed by atoms with Crippen LogP contribution in [0, 0.1) is 6.92 Å². The quantitative estimate of drug-likeness (QED) is 0.810. The normalized spacial score (nSPS) is 14.2. The molecule has 0 aromatic carbocycles. The number of carbonyl (C=O) groups excluding carboxylic acids is 1. The van der Waals surface area contributed by atoms with Gasteiger partial charge in [-0.25, -0.2) is 4.98 Å². The van der Waals surface area contributed by atoms with Crippen molar-refractivity contribution in [2.45, 2.75) is 13.1 Å². The maximum Gasteiger partial charge on any atom is 0.433 e. The van der Waals surface area contributed by atoms with Crippen LogP contribution in [0.2, 0.25) is 0 Å². The highest BCUT2D eigenvalue weighted by Gasteiger charge is 2.33. The Labute approximate surface area is 129 Å². The van der Waals surface area contributed by atoms with Gasteiger partial charge in [0.1, 0.15) is 18.0 Å². The number of amides is 1. The van der Waals surface area contributed by atoms with Crippen molar-refractivity contribution in [3.05, 3.63) is 47.4 Å². The van der Waals surface area contributed by atoms with Crippen LogP contribution in [0.1, 0.15) is 21.6 Å². The van der Waals surface area contributed by atoms with Crippen LogP contribution in [-0.2, 0) is 6.18 Å².